The lowest BCUT2D eigenvalue weighted by Gasteiger charge is -2.37. The molecule has 0 aromatic heterocycles. The smallest absolute Gasteiger partial charge is 0.407 e. The number of nitrogens with one attached hydrogen (secondary N) is 2. The van der Waals surface area contributed by atoms with E-state index in [9.17, 15) is 24.4 Å². The van der Waals surface area contributed by atoms with Gasteiger partial charge in [0.1, 0.15) is 35.8 Å². The maximum absolute atomic E-state index is 16.1. The monoisotopic (exact) mass is 836 g/mol. The second-order valence-electron chi connectivity index (χ2n) is 14.7. The summed E-state index contributed by atoms with van der Waals surface area (Å²) in [6.07, 6.45) is -3.49. The summed E-state index contributed by atoms with van der Waals surface area (Å²) in [5.74, 6) is -5.75. The van der Waals surface area contributed by atoms with Crippen molar-refractivity contribution >= 4 is 52.8 Å². The van der Waals surface area contributed by atoms with Crippen LogP contribution < -0.4 is 21.1 Å². The number of methoxy groups -OCH3 is 1. The van der Waals surface area contributed by atoms with Gasteiger partial charge in [0.05, 0.1) is 35.5 Å². The third-order valence-corrected chi connectivity index (χ3v) is 10.0. The molecular weight excluding hydrogens is 797 g/mol. The lowest BCUT2D eigenvalue weighted by molar-refractivity contribution is -0.153. The van der Waals surface area contributed by atoms with Crippen molar-refractivity contribution in [2.75, 3.05) is 12.4 Å². The van der Waals surface area contributed by atoms with Gasteiger partial charge in [-0.3, -0.25) is 9.59 Å². The van der Waals surface area contributed by atoms with Crippen LogP contribution in [0.3, 0.4) is 0 Å². The van der Waals surface area contributed by atoms with Gasteiger partial charge in [-0.2, -0.15) is 5.26 Å². The molecule has 1 heterocycles. The van der Waals surface area contributed by atoms with E-state index in [4.69, 9.17) is 47.9 Å². The molecule has 0 radical (unpaired) electrons. The van der Waals surface area contributed by atoms with Gasteiger partial charge in [0.25, 0.3) is 6.29 Å². The highest BCUT2D eigenvalue weighted by Crippen LogP contribution is 2.53. The van der Waals surface area contributed by atoms with E-state index in [1.54, 1.807) is 30.3 Å². The highest BCUT2D eigenvalue weighted by atomic mass is 35.5. The van der Waals surface area contributed by atoms with Crippen LogP contribution >= 0.6 is 23.2 Å². The highest BCUT2D eigenvalue weighted by Gasteiger charge is 2.61. The molecule has 4 aromatic carbocycles. The Labute approximate surface area is 343 Å². The molecule has 5 atom stereocenters. The molecule has 4 aromatic rings. The highest BCUT2D eigenvalue weighted by molar-refractivity contribution is 6.31. The standard InChI is InChI=1S/C42H40Cl2F2N4O8/c1-41(2,3)20-32-42(22-47,27-15-14-25(43)18-29(27)45)35(26-11-8-12-28(44)36(26)46)37(50-32)38(52)49-30-16-13-24(17-31(30)55-4)39(53)57-34(58-40(48)54)19-33(51)56-21-23-9-6-5-7-10-23/h5-18,32,34-35,37,50H,19-21H2,1-4H3,(H2,48,54)(H,49,52)/t32-,34?,35-,37+,42-/m0/s1. The SMILES string of the molecule is COc1cc(C(=O)OC(CC(=O)OCc2ccccc2)OC(N)=O)ccc1NC(=O)[C@@H]1N[C@@H](CC(C)(C)C)[C@](C#N)(c2ccc(Cl)cc2F)[C@H]1c1cccc(Cl)c1F. The summed E-state index contributed by atoms with van der Waals surface area (Å²) in [7, 11) is 1.27. The minimum atomic E-state index is -1.87. The van der Waals surface area contributed by atoms with Gasteiger partial charge >= 0.3 is 18.0 Å². The van der Waals surface area contributed by atoms with Crippen molar-refractivity contribution in [3.63, 3.8) is 0 Å². The molecule has 0 saturated carbocycles. The number of anilines is 1. The van der Waals surface area contributed by atoms with E-state index < -0.39 is 77.1 Å². The first kappa shape index (κ1) is 43.4. The van der Waals surface area contributed by atoms with Gasteiger partial charge < -0.3 is 35.3 Å². The van der Waals surface area contributed by atoms with E-state index in [-0.39, 0.29) is 51.2 Å². The number of primary amides is 1. The summed E-state index contributed by atoms with van der Waals surface area (Å²) in [5.41, 5.74) is 3.21. The topological polar surface area (TPSA) is 179 Å². The van der Waals surface area contributed by atoms with E-state index in [2.05, 4.69) is 16.7 Å². The first-order valence-electron chi connectivity index (χ1n) is 17.9. The number of benzene rings is 4. The van der Waals surface area contributed by atoms with Crippen LogP contribution in [0, 0.1) is 28.4 Å². The van der Waals surface area contributed by atoms with Crippen molar-refractivity contribution in [2.24, 2.45) is 11.1 Å². The lowest BCUT2D eigenvalue weighted by Crippen LogP contribution is -2.45. The number of esters is 2. The molecule has 1 saturated heterocycles. The number of ether oxygens (including phenoxy) is 4. The van der Waals surface area contributed by atoms with Gasteiger partial charge in [-0.1, -0.05) is 92.5 Å². The van der Waals surface area contributed by atoms with E-state index >= 15 is 8.78 Å². The van der Waals surface area contributed by atoms with Crippen LogP contribution in [0.15, 0.2) is 84.9 Å². The number of hydrogen-bond donors (Lipinski definition) is 3. The molecule has 0 aliphatic carbocycles. The molecule has 0 spiro atoms. The molecule has 0 bridgehead atoms. The van der Waals surface area contributed by atoms with Gasteiger partial charge in [-0.15, -0.1) is 0 Å². The molecular formula is C42H40Cl2F2N4O8. The second kappa shape index (κ2) is 18.2. The predicted molar refractivity (Wildman–Crippen MR) is 210 cm³/mol. The van der Waals surface area contributed by atoms with Crippen LogP contribution in [0.1, 0.15) is 66.6 Å². The molecule has 58 heavy (non-hydrogen) atoms. The Balaban J connectivity index is 1.45. The number of nitriles is 1. The van der Waals surface area contributed by atoms with Crippen molar-refractivity contribution in [1.29, 1.82) is 5.26 Å². The molecule has 1 fully saturated rings. The fraction of sp³-hybridized carbons (Fsp3) is 0.310. The molecule has 5 rings (SSSR count). The lowest BCUT2D eigenvalue weighted by atomic mass is 9.62. The fourth-order valence-electron chi connectivity index (χ4n) is 7.05. The summed E-state index contributed by atoms with van der Waals surface area (Å²) >= 11 is 12.4. The van der Waals surface area contributed by atoms with Crippen molar-refractivity contribution < 1.29 is 46.9 Å². The zero-order valence-corrected chi connectivity index (χ0v) is 33.3. The van der Waals surface area contributed by atoms with E-state index in [0.29, 0.717) is 5.56 Å². The second-order valence-corrected chi connectivity index (χ2v) is 15.6. The van der Waals surface area contributed by atoms with Crippen molar-refractivity contribution in [3.8, 4) is 11.8 Å². The van der Waals surface area contributed by atoms with Crippen LogP contribution in [-0.4, -0.2) is 49.4 Å². The van der Waals surface area contributed by atoms with Gasteiger partial charge in [0.15, 0.2) is 0 Å². The first-order chi connectivity index (χ1) is 27.5. The fourth-order valence-corrected chi connectivity index (χ4v) is 7.39. The Morgan fingerprint density at radius 1 is 0.983 bits per heavy atom. The van der Waals surface area contributed by atoms with Gasteiger partial charge in [-0.25, -0.2) is 18.4 Å². The number of amides is 2. The molecule has 12 nitrogen and oxygen atoms in total. The number of rotatable bonds is 13. The molecule has 2 amide bonds. The first-order valence-corrected chi connectivity index (χ1v) is 18.6. The van der Waals surface area contributed by atoms with Crippen LogP contribution in [0.4, 0.5) is 19.3 Å². The third-order valence-electron chi connectivity index (χ3n) is 9.49. The molecule has 1 aliphatic rings. The van der Waals surface area contributed by atoms with Gasteiger partial charge in [0, 0.05) is 22.5 Å². The molecule has 1 unspecified atom stereocenters. The van der Waals surface area contributed by atoms with Crippen molar-refractivity contribution in [1.82, 2.24) is 5.32 Å². The van der Waals surface area contributed by atoms with Crippen molar-refractivity contribution in [3.05, 3.63) is 129 Å². The normalized spacial score (nSPS) is 19.3. The Morgan fingerprint density at radius 2 is 1.71 bits per heavy atom. The Hall–Kier alpha value is -5.75. The number of hydrogen-bond acceptors (Lipinski definition) is 10. The zero-order valence-electron chi connectivity index (χ0n) is 31.8. The summed E-state index contributed by atoms with van der Waals surface area (Å²) in [4.78, 5) is 51.8. The minimum absolute atomic E-state index is 0.0394. The predicted octanol–water partition coefficient (Wildman–Crippen LogP) is 7.95. The molecule has 16 heteroatoms. The largest absolute Gasteiger partial charge is 0.495 e. The van der Waals surface area contributed by atoms with Crippen molar-refractivity contribution in [2.45, 2.75) is 69.9 Å². The molecule has 304 valence electrons. The number of halogens is 4. The van der Waals surface area contributed by atoms with E-state index in [1.165, 1.54) is 55.6 Å². The average molecular weight is 838 g/mol. The number of nitrogens with two attached hydrogens (primary N) is 1. The summed E-state index contributed by atoms with van der Waals surface area (Å²) in [5, 5.41) is 16.9. The van der Waals surface area contributed by atoms with Gasteiger partial charge in [0.2, 0.25) is 5.91 Å². The number of carbonyl (C=O) groups excluding carboxylic acids is 4. The Bertz CT molecular complexity index is 2230. The zero-order chi connectivity index (χ0) is 42.4. The number of carbonyl (C=O) groups is 4. The van der Waals surface area contributed by atoms with Crippen LogP contribution in [0.25, 0.3) is 0 Å². The summed E-state index contributed by atoms with van der Waals surface area (Å²) in [6, 6.07) is 20.6. The van der Waals surface area contributed by atoms with E-state index in [1.807, 2.05) is 20.8 Å². The molecule has 4 N–H and O–H groups in total. The third kappa shape index (κ3) is 9.85. The maximum atomic E-state index is 16.1. The average Bonchev–Trinajstić information content (AvgIpc) is 3.48. The van der Waals surface area contributed by atoms with Gasteiger partial charge in [-0.05, 0) is 59.4 Å². The summed E-state index contributed by atoms with van der Waals surface area (Å²) < 4.78 is 52.9. The van der Waals surface area contributed by atoms with Crippen LogP contribution in [0.5, 0.6) is 5.75 Å². The number of nitrogens with zero attached hydrogens (tertiary/aromatic N) is 1. The molecule has 1 aliphatic heterocycles. The van der Waals surface area contributed by atoms with E-state index in [0.717, 1.165) is 6.07 Å². The summed E-state index contributed by atoms with van der Waals surface area (Å²) in [6.45, 7) is 5.65. The van der Waals surface area contributed by atoms with Crippen LogP contribution in [-0.2, 0) is 35.8 Å². The quantitative estimate of drug-likeness (QED) is 0.0884. The minimum Gasteiger partial charge on any atom is -0.495 e. The Morgan fingerprint density at radius 3 is 2.34 bits per heavy atom. The maximum Gasteiger partial charge on any atom is 0.407 e. The Kier molecular flexibility index (Phi) is 13.6. The van der Waals surface area contributed by atoms with Crippen LogP contribution in [0.2, 0.25) is 10.0 Å².